The van der Waals surface area contributed by atoms with Crippen molar-refractivity contribution in [1.29, 1.82) is 0 Å². The second-order valence-corrected chi connectivity index (χ2v) is 4.34. The molecule has 3 aromatic heterocycles. The number of nitrogens with zero attached hydrogens (tertiary/aromatic N) is 4. The van der Waals surface area contributed by atoms with Crippen LogP contribution in [-0.4, -0.2) is 19.6 Å². The maximum atomic E-state index is 6.14. The highest BCUT2D eigenvalue weighted by Gasteiger charge is 2.16. The Bertz CT molecular complexity index is 600. The third kappa shape index (κ3) is 1.39. The monoisotopic (exact) mass is 231 g/mol. The SMILES string of the molecule is NC(c1cccs1)c1nnc2cnccn12. The summed E-state index contributed by atoms with van der Waals surface area (Å²) >= 11 is 1.62. The molecular weight excluding hydrogens is 222 g/mol. The number of hydrogen-bond acceptors (Lipinski definition) is 5. The van der Waals surface area contributed by atoms with E-state index in [0.29, 0.717) is 5.65 Å². The molecule has 0 aliphatic rings. The maximum absolute atomic E-state index is 6.14. The third-order valence-corrected chi connectivity index (χ3v) is 3.32. The van der Waals surface area contributed by atoms with Gasteiger partial charge in [0.05, 0.1) is 6.20 Å². The van der Waals surface area contributed by atoms with Crippen LogP contribution in [0, 0.1) is 0 Å². The largest absolute Gasteiger partial charge is 0.317 e. The van der Waals surface area contributed by atoms with E-state index in [1.165, 1.54) is 0 Å². The summed E-state index contributed by atoms with van der Waals surface area (Å²) in [6, 6.07) is 3.74. The molecule has 0 saturated carbocycles. The highest BCUT2D eigenvalue weighted by atomic mass is 32.1. The molecule has 3 rings (SSSR count). The molecule has 6 heteroatoms. The minimum absolute atomic E-state index is 0.239. The van der Waals surface area contributed by atoms with Crippen molar-refractivity contribution in [2.24, 2.45) is 5.73 Å². The van der Waals surface area contributed by atoms with Gasteiger partial charge in [-0.05, 0) is 11.4 Å². The smallest absolute Gasteiger partial charge is 0.179 e. The van der Waals surface area contributed by atoms with Gasteiger partial charge in [-0.2, -0.15) is 0 Å². The number of nitrogens with two attached hydrogens (primary N) is 1. The molecule has 0 amide bonds. The molecule has 16 heavy (non-hydrogen) atoms. The van der Waals surface area contributed by atoms with Gasteiger partial charge >= 0.3 is 0 Å². The summed E-state index contributed by atoms with van der Waals surface area (Å²) in [7, 11) is 0. The number of fused-ring (bicyclic) bond motifs is 1. The van der Waals surface area contributed by atoms with E-state index < -0.39 is 0 Å². The first-order valence-electron chi connectivity index (χ1n) is 4.80. The summed E-state index contributed by atoms with van der Waals surface area (Å²) in [5.74, 6) is 0.736. The Kier molecular flexibility index (Phi) is 2.16. The van der Waals surface area contributed by atoms with Crippen LogP contribution in [0.3, 0.4) is 0 Å². The number of aromatic nitrogens is 4. The van der Waals surface area contributed by atoms with Crippen LogP contribution in [0.25, 0.3) is 5.65 Å². The first-order valence-corrected chi connectivity index (χ1v) is 5.68. The van der Waals surface area contributed by atoms with Crippen LogP contribution in [0.1, 0.15) is 16.7 Å². The first kappa shape index (κ1) is 9.44. The molecule has 80 valence electrons. The van der Waals surface area contributed by atoms with Crippen molar-refractivity contribution in [2.45, 2.75) is 6.04 Å². The molecule has 0 bridgehead atoms. The predicted octanol–water partition coefficient (Wildman–Crippen LogP) is 1.23. The molecule has 3 heterocycles. The van der Waals surface area contributed by atoms with Gasteiger partial charge in [0.25, 0.3) is 0 Å². The van der Waals surface area contributed by atoms with Crippen molar-refractivity contribution in [3.8, 4) is 0 Å². The van der Waals surface area contributed by atoms with Crippen LogP contribution in [0.2, 0.25) is 0 Å². The second-order valence-electron chi connectivity index (χ2n) is 3.36. The Morgan fingerprint density at radius 3 is 3.12 bits per heavy atom. The van der Waals surface area contributed by atoms with E-state index in [0.717, 1.165) is 10.7 Å². The summed E-state index contributed by atoms with van der Waals surface area (Å²) in [5, 5.41) is 10.1. The normalized spacial score (nSPS) is 13.1. The van der Waals surface area contributed by atoms with Gasteiger partial charge in [0.15, 0.2) is 11.5 Å². The van der Waals surface area contributed by atoms with Gasteiger partial charge in [-0.25, -0.2) is 0 Å². The number of rotatable bonds is 2. The summed E-state index contributed by atoms with van der Waals surface area (Å²) in [6.07, 6.45) is 5.18. The average Bonchev–Trinajstić information content (AvgIpc) is 2.98. The van der Waals surface area contributed by atoms with Gasteiger partial charge < -0.3 is 5.73 Å². The van der Waals surface area contributed by atoms with Crippen molar-refractivity contribution in [2.75, 3.05) is 0 Å². The van der Waals surface area contributed by atoms with Gasteiger partial charge in [0.1, 0.15) is 6.04 Å². The molecule has 3 aromatic rings. The summed E-state index contributed by atoms with van der Waals surface area (Å²) in [4.78, 5) is 5.06. The van der Waals surface area contributed by atoms with E-state index in [-0.39, 0.29) is 6.04 Å². The van der Waals surface area contributed by atoms with Crippen LogP contribution in [0.5, 0.6) is 0 Å². The Morgan fingerprint density at radius 1 is 1.38 bits per heavy atom. The van der Waals surface area contributed by atoms with Gasteiger partial charge in [-0.3, -0.25) is 9.38 Å². The lowest BCUT2D eigenvalue weighted by Crippen LogP contribution is -2.14. The lowest BCUT2D eigenvalue weighted by Gasteiger charge is -2.06. The van der Waals surface area contributed by atoms with E-state index in [9.17, 15) is 0 Å². The summed E-state index contributed by atoms with van der Waals surface area (Å²) in [6.45, 7) is 0. The summed E-state index contributed by atoms with van der Waals surface area (Å²) in [5.41, 5.74) is 6.85. The van der Waals surface area contributed by atoms with Crippen LogP contribution < -0.4 is 5.73 Å². The summed E-state index contributed by atoms with van der Waals surface area (Å²) < 4.78 is 1.86. The average molecular weight is 231 g/mol. The highest BCUT2D eigenvalue weighted by Crippen LogP contribution is 2.22. The third-order valence-electron chi connectivity index (χ3n) is 2.37. The predicted molar refractivity (Wildman–Crippen MR) is 61.1 cm³/mol. The maximum Gasteiger partial charge on any atom is 0.179 e. The van der Waals surface area contributed by atoms with E-state index in [4.69, 9.17) is 5.73 Å². The van der Waals surface area contributed by atoms with E-state index >= 15 is 0 Å². The number of hydrogen-bond donors (Lipinski definition) is 1. The van der Waals surface area contributed by atoms with Crippen molar-refractivity contribution in [3.05, 3.63) is 46.8 Å². The van der Waals surface area contributed by atoms with E-state index in [1.807, 2.05) is 28.1 Å². The Hall–Kier alpha value is -1.79. The second kappa shape index (κ2) is 3.66. The van der Waals surface area contributed by atoms with E-state index in [2.05, 4.69) is 15.2 Å². The minimum atomic E-state index is -0.239. The zero-order valence-electron chi connectivity index (χ0n) is 8.32. The van der Waals surface area contributed by atoms with Crippen molar-refractivity contribution in [1.82, 2.24) is 19.6 Å². The Balaban J connectivity index is 2.12. The molecule has 0 saturated heterocycles. The Morgan fingerprint density at radius 2 is 2.31 bits per heavy atom. The Labute approximate surface area is 95.6 Å². The lowest BCUT2D eigenvalue weighted by atomic mass is 10.2. The van der Waals surface area contributed by atoms with Crippen LogP contribution in [-0.2, 0) is 0 Å². The van der Waals surface area contributed by atoms with Gasteiger partial charge in [-0.15, -0.1) is 21.5 Å². The number of thiophene rings is 1. The van der Waals surface area contributed by atoms with Crippen LogP contribution >= 0.6 is 11.3 Å². The zero-order valence-corrected chi connectivity index (χ0v) is 9.13. The lowest BCUT2D eigenvalue weighted by molar-refractivity contribution is 0.778. The molecule has 2 N–H and O–H groups in total. The van der Waals surface area contributed by atoms with Crippen molar-refractivity contribution < 1.29 is 0 Å². The topological polar surface area (TPSA) is 69.1 Å². The molecule has 0 spiro atoms. The van der Waals surface area contributed by atoms with Gasteiger partial charge in [0, 0.05) is 17.3 Å². The fourth-order valence-corrected chi connectivity index (χ4v) is 2.30. The first-order chi connectivity index (χ1) is 7.86. The molecule has 0 radical (unpaired) electrons. The molecule has 5 nitrogen and oxygen atoms in total. The molecular formula is C10H9N5S. The molecule has 0 aliphatic carbocycles. The van der Waals surface area contributed by atoms with Gasteiger partial charge in [0.2, 0.25) is 0 Å². The fraction of sp³-hybridized carbons (Fsp3) is 0.100. The molecule has 0 fully saturated rings. The van der Waals surface area contributed by atoms with Gasteiger partial charge in [-0.1, -0.05) is 6.07 Å². The quantitative estimate of drug-likeness (QED) is 0.720. The van der Waals surface area contributed by atoms with Crippen LogP contribution in [0.15, 0.2) is 36.1 Å². The minimum Gasteiger partial charge on any atom is -0.317 e. The van der Waals surface area contributed by atoms with Crippen molar-refractivity contribution in [3.63, 3.8) is 0 Å². The fourth-order valence-electron chi connectivity index (χ4n) is 1.58. The molecule has 1 atom stereocenters. The van der Waals surface area contributed by atoms with E-state index in [1.54, 1.807) is 23.7 Å². The molecule has 0 aliphatic heterocycles. The highest BCUT2D eigenvalue weighted by molar-refractivity contribution is 7.10. The zero-order chi connectivity index (χ0) is 11.0. The van der Waals surface area contributed by atoms with Crippen LogP contribution in [0.4, 0.5) is 0 Å². The molecule has 1 unspecified atom stereocenters. The standard InChI is InChI=1S/C10H9N5S/c11-9(7-2-1-5-16-7)10-14-13-8-6-12-3-4-15(8)10/h1-6,9H,11H2. The molecule has 0 aromatic carbocycles. The van der Waals surface area contributed by atoms with Crippen molar-refractivity contribution >= 4 is 17.0 Å².